The van der Waals surface area contributed by atoms with E-state index in [1.54, 1.807) is 0 Å². The average Bonchev–Trinajstić information content (AvgIpc) is 1.65. The molecule has 7 heavy (non-hydrogen) atoms. The van der Waals surface area contributed by atoms with Gasteiger partial charge in [-0.1, -0.05) is 13.8 Å². The van der Waals surface area contributed by atoms with E-state index in [1.807, 2.05) is 13.8 Å². The van der Waals surface area contributed by atoms with Gasteiger partial charge in [0.2, 0.25) is 0 Å². The maximum Gasteiger partial charge on any atom is 0.132 e. The van der Waals surface area contributed by atoms with E-state index >= 15 is 0 Å². The van der Waals surface area contributed by atoms with Crippen molar-refractivity contribution in [3.63, 3.8) is 0 Å². The normalized spacial score (nSPS) is 7.14. The van der Waals surface area contributed by atoms with E-state index in [9.17, 15) is 4.79 Å². The predicted octanol–water partition coefficient (Wildman–Crippen LogP) is 0.995. The van der Waals surface area contributed by atoms with Crippen LogP contribution in [0, 0.1) is 0 Å². The summed E-state index contributed by atoms with van der Waals surface area (Å²) in [7, 11) is 0. The first-order valence-electron chi connectivity index (χ1n) is 2.33. The van der Waals surface area contributed by atoms with Crippen LogP contribution >= 0.6 is 0 Å². The molecular formula is C5H10CaO. The third-order valence-electron chi connectivity index (χ3n) is 0.789. The van der Waals surface area contributed by atoms with Gasteiger partial charge in [0.15, 0.2) is 0 Å². The molecule has 0 aliphatic heterocycles. The van der Waals surface area contributed by atoms with Gasteiger partial charge in [-0.3, -0.25) is 4.79 Å². The van der Waals surface area contributed by atoms with Crippen LogP contribution in [0.2, 0.25) is 0 Å². The molecule has 0 atom stereocenters. The van der Waals surface area contributed by atoms with Crippen molar-refractivity contribution < 1.29 is 4.79 Å². The van der Waals surface area contributed by atoms with Gasteiger partial charge in [0.05, 0.1) is 0 Å². The molecule has 38 valence electrons. The van der Waals surface area contributed by atoms with Crippen molar-refractivity contribution in [3.8, 4) is 0 Å². The van der Waals surface area contributed by atoms with Crippen LogP contribution in [-0.2, 0) is 4.79 Å². The minimum Gasteiger partial charge on any atom is -0.300 e. The van der Waals surface area contributed by atoms with Crippen LogP contribution < -0.4 is 0 Å². The van der Waals surface area contributed by atoms with E-state index in [0.717, 1.165) is 0 Å². The number of carbonyl (C=O) groups is 1. The van der Waals surface area contributed by atoms with Crippen LogP contribution in [0.1, 0.15) is 26.7 Å². The van der Waals surface area contributed by atoms with Gasteiger partial charge in [-0.05, 0) is 0 Å². The number of hydrogen-bond acceptors (Lipinski definition) is 1. The van der Waals surface area contributed by atoms with E-state index in [-0.39, 0.29) is 37.7 Å². The molecule has 0 aliphatic carbocycles. The summed E-state index contributed by atoms with van der Waals surface area (Å²) in [4.78, 5) is 10.2. The molecule has 0 heterocycles. The quantitative estimate of drug-likeness (QED) is 0.504. The Morgan fingerprint density at radius 1 is 1.29 bits per heavy atom. The summed E-state index contributed by atoms with van der Waals surface area (Å²) in [6, 6.07) is 0. The summed E-state index contributed by atoms with van der Waals surface area (Å²) in [6.07, 6.45) is 1.38. The van der Waals surface area contributed by atoms with Gasteiger partial charge >= 0.3 is 0 Å². The fourth-order valence-corrected chi connectivity index (χ4v) is 0.250. The molecule has 0 fully saturated rings. The Balaban J connectivity index is 0. The second kappa shape index (κ2) is 6.93. The SMILES string of the molecule is CCC(=O)CC.[Ca]. The second-order valence-electron chi connectivity index (χ2n) is 1.25. The summed E-state index contributed by atoms with van der Waals surface area (Å²) in [6.45, 7) is 3.76. The zero-order valence-corrected chi connectivity index (χ0v) is 7.24. The molecule has 2 heteroatoms. The number of ketones is 1. The van der Waals surface area contributed by atoms with Crippen molar-refractivity contribution in [3.05, 3.63) is 0 Å². The van der Waals surface area contributed by atoms with Crippen LogP contribution in [0.4, 0.5) is 0 Å². The van der Waals surface area contributed by atoms with Gasteiger partial charge in [0.1, 0.15) is 5.78 Å². The Bertz CT molecular complexity index is 46.0. The molecule has 0 saturated heterocycles. The van der Waals surface area contributed by atoms with Gasteiger partial charge in [0, 0.05) is 50.6 Å². The maximum absolute atomic E-state index is 10.2. The van der Waals surface area contributed by atoms with Crippen molar-refractivity contribution >= 4 is 43.5 Å². The smallest absolute Gasteiger partial charge is 0.132 e. The molecule has 0 spiro atoms. The van der Waals surface area contributed by atoms with E-state index in [4.69, 9.17) is 0 Å². The molecule has 0 N–H and O–H groups in total. The van der Waals surface area contributed by atoms with Crippen LogP contribution in [0.3, 0.4) is 0 Å². The van der Waals surface area contributed by atoms with Crippen LogP contribution in [0.25, 0.3) is 0 Å². The minimum atomic E-state index is 0. The fraction of sp³-hybridized carbons (Fsp3) is 0.800. The topological polar surface area (TPSA) is 17.1 Å². The van der Waals surface area contributed by atoms with E-state index < -0.39 is 0 Å². The Morgan fingerprint density at radius 3 is 1.57 bits per heavy atom. The third-order valence-corrected chi connectivity index (χ3v) is 0.789. The van der Waals surface area contributed by atoms with Crippen LogP contribution in [0.5, 0.6) is 0 Å². The summed E-state index contributed by atoms with van der Waals surface area (Å²) < 4.78 is 0. The van der Waals surface area contributed by atoms with Crippen molar-refractivity contribution in [2.45, 2.75) is 26.7 Å². The van der Waals surface area contributed by atoms with E-state index in [0.29, 0.717) is 18.6 Å². The first kappa shape index (κ1) is 10.8. The van der Waals surface area contributed by atoms with Gasteiger partial charge in [-0.15, -0.1) is 0 Å². The summed E-state index contributed by atoms with van der Waals surface area (Å²) in [5.41, 5.74) is 0. The second-order valence-corrected chi connectivity index (χ2v) is 1.25. The zero-order chi connectivity index (χ0) is 4.99. The van der Waals surface area contributed by atoms with E-state index in [1.165, 1.54) is 0 Å². The minimum absolute atomic E-state index is 0. The zero-order valence-electron chi connectivity index (χ0n) is 5.03. The molecule has 0 bridgehead atoms. The Labute approximate surface area is 74.5 Å². The van der Waals surface area contributed by atoms with E-state index in [2.05, 4.69) is 0 Å². The molecule has 0 aliphatic rings. The number of Topliss-reactive ketones (excluding diaryl/α,β-unsaturated/α-hetero) is 1. The predicted molar refractivity (Wildman–Crippen MR) is 31.3 cm³/mol. The number of hydrogen-bond donors (Lipinski definition) is 0. The Morgan fingerprint density at radius 2 is 1.57 bits per heavy atom. The maximum atomic E-state index is 10.2. The molecule has 0 aromatic heterocycles. The van der Waals surface area contributed by atoms with Crippen molar-refractivity contribution in [1.29, 1.82) is 0 Å². The van der Waals surface area contributed by atoms with Crippen molar-refractivity contribution in [1.82, 2.24) is 0 Å². The number of rotatable bonds is 2. The molecule has 1 nitrogen and oxygen atoms in total. The first-order valence-corrected chi connectivity index (χ1v) is 2.33. The Kier molecular flexibility index (Phi) is 10.7. The summed E-state index contributed by atoms with van der Waals surface area (Å²) >= 11 is 0. The Hall–Kier alpha value is 0.930. The molecule has 0 saturated carbocycles. The van der Waals surface area contributed by atoms with Gasteiger partial charge in [0.25, 0.3) is 0 Å². The summed E-state index contributed by atoms with van der Waals surface area (Å²) in [5, 5.41) is 0. The molecule has 0 rings (SSSR count). The molecular weight excluding hydrogens is 116 g/mol. The third kappa shape index (κ3) is 6.93. The van der Waals surface area contributed by atoms with Crippen molar-refractivity contribution in [2.24, 2.45) is 0 Å². The number of carbonyl (C=O) groups excluding carboxylic acids is 1. The van der Waals surface area contributed by atoms with Crippen molar-refractivity contribution in [2.75, 3.05) is 0 Å². The molecule has 2 radical (unpaired) electrons. The average molecular weight is 126 g/mol. The first-order chi connectivity index (χ1) is 2.81. The fourth-order valence-electron chi connectivity index (χ4n) is 0.250. The van der Waals surface area contributed by atoms with Crippen LogP contribution in [0.15, 0.2) is 0 Å². The van der Waals surface area contributed by atoms with Gasteiger partial charge in [-0.25, -0.2) is 0 Å². The van der Waals surface area contributed by atoms with Gasteiger partial charge in [-0.2, -0.15) is 0 Å². The monoisotopic (exact) mass is 126 g/mol. The van der Waals surface area contributed by atoms with Crippen LogP contribution in [-0.4, -0.2) is 43.5 Å². The molecule has 0 amide bonds. The molecule has 0 aromatic carbocycles. The largest absolute Gasteiger partial charge is 0.300 e. The standard InChI is InChI=1S/C5H10O.Ca/c1-3-5(6)4-2;/h3-4H2,1-2H3;. The molecule has 0 aromatic rings. The van der Waals surface area contributed by atoms with Gasteiger partial charge < -0.3 is 0 Å². The molecule has 0 unspecified atom stereocenters. The summed E-state index contributed by atoms with van der Waals surface area (Å²) in [5.74, 6) is 0.343.